The first-order valence-corrected chi connectivity index (χ1v) is 6.84. The number of methoxy groups -OCH3 is 2. The number of nitrogens with one attached hydrogen (secondary N) is 1. The van der Waals surface area contributed by atoms with Crippen LogP contribution in [0.2, 0.25) is 0 Å². The second-order valence-corrected chi connectivity index (χ2v) is 4.41. The highest BCUT2D eigenvalue weighted by Gasteiger charge is 2.12. The summed E-state index contributed by atoms with van der Waals surface area (Å²) in [5.74, 6) is -0.808. The molecule has 0 saturated heterocycles. The molecule has 0 aromatic heterocycles. The zero-order chi connectivity index (χ0) is 15.2. The van der Waals surface area contributed by atoms with Crippen LogP contribution in [0.5, 0.6) is 0 Å². The minimum absolute atomic E-state index is 0.136. The van der Waals surface area contributed by atoms with E-state index in [1.54, 1.807) is 19.1 Å². The lowest BCUT2D eigenvalue weighted by molar-refractivity contribution is -0.137. The van der Waals surface area contributed by atoms with Crippen LogP contribution in [-0.2, 0) is 14.3 Å². The Bertz CT molecular complexity index is 273. The fourth-order valence-corrected chi connectivity index (χ4v) is 1.62. The second kappa shape index (κ2) is 12.7. The minimum Gasteiger partial charge on any atom is -0.481 e. The predicted molar refractivity (Wildman–Crippen MR) is 74.8 cm³/mol. The molecule has 0 aliphatic carbocycles. The molecule has 118 valence electrons. The average molecular weight is 290 g/mol. The molecule has 2 N–H and O–H groups in total. The fourth-order valence-electron chi connectivity index (χ4n) is 1.62. The van der Waals surface area contributed by atoms with Gasteiger partial charge in [-0.05, 0) is 19.3 Å². The van der Waals surface area contributed by atoms with Crippen molar-refractivity contribution in [1.82, 2.24) is 10.2 Å². The molecule has 0 heterocycles. The monoisotopic (exact) mass is 290 g/mol. The zero-order valence-corrected chi connectivity index (χ0v) is 12.4. The van der Waals surface area contributed by atoms with Gasteiger partial charge >= 0.3 is 12.0 Å². The molecule has 0 atom stereocenters. The molecular weight excluding hydrogens is 264 g/mol. The van der Waals surface area contributed by atoms with E-state index in [0.717, 1.165) is 6.42 Å². The highest BCUT2D eigenvalue weighted by molar-refractivity contribution is 5.74. The number of urea groups is 1. The fraction of sp³-hybridized carbons (Fsp3) is 0.846. The van der Waals surface area contributed by atoms with Crippen molar-refractivity contribution in [2.24, 2.45) is 0 Å². The number of nitrogens with zero attached hydrogens (tertiary/aromatic N) is 1. The van der Waals surface area contributed by atoms with Crippen molar-refractivity contribution >= 4 is 12.0 Å². The number of carbonyl (C=O) groups excluding carboxylic acids is 1. The molecule has 0 unspecified atom stereocenters. The molecular formula is C13H26N2O5. The summed E-state index contributed by atoms with van der Waals surface area (Å²) in [6.07, 6.45) is 2.13. The van der Waals surface area contributed by atoms with Crippen molar-refractivity contribution in [2.75, 3.05) is 47.1 Å². The second-order valence-electron chi connectivity index (χ2n) is 4.41. The molecule has 0 aliphatic heterocycles. The van der Waals surface area contributed by atoms with E-state index in [2.05, 4.69) is 5.32 Å². The quantitative estimate of drug-likeness (QED) is 0.522. The summed E-state index contributed by atoms with van der Waals surface area (Å²) in [4.78, 5) is 24.0. The normalized spacial score (nSPS) is 10.3. The summed E-state index contributed by atoms with van der Waals surface area (Å²) in [6, 6.07) is -0.145. The van der Waals surface area contributed by atoms with Crippen LogP contribution in [0.25, 0.3) is 0 Å². The third kappa shape index (κ3) is 10.6. The van der Waals surface area contributed by atoms with Gasteiger partial charge in [0.2, 0.25) is 0 Å². The SMILES string of the molecule is COCCCN(CCOC)C(=O)NCCCCC(=O)O. The van der Waals surface area contributed by atoms with Gasteiger partial charge in [-0.1, -0.05) is 0 Å². The standard InChI is InChI=1S/C13H26N2O5/c1-19-10-5-8-15(9-11-20-2)13(18)14-7-4-3-6-12(16)17/h3-11H2,1-2H3,(H,14,18)(H,16,17). The van der Waals surface area contributed by atoms with E-state index in [0.29, 0.717) is 45.7 Å². The number of unbranched alkanes of at least 4 members (excludes halogenated alkanes) is 1. The van der Waals surface area contributed by atoms with Crippen molar-refractivity contribution in [2.45, 2.75) is 25.7 Å². The highest BCUT2D eigenvalue weighted by Crippen LogP contribution is 1.97. The van der Waals surface area contributed by atoms with E-state index < -0.39 is 5.97 Å². The van der Waals surface area contributed by atoms with Crippen LogP contribution in [0.1, 0.15) is 25.7 Å². The van der Waals surface area contributed by atoms with Crippen molar-refractivity contribution in [3.63, 3.8) is 0 Å². The maximum absolute atomic E-state index is 11.9. The Morgan fingerprint density at radius 1 is 1.05 bits per heavy atom. The number of aliphatic carboxylic acids is 1. The summed E-state index contributed by atoms with van der Waals surface area (Å²) >= 11 is 0. The molecule has 0 aromatic carbocycles. The molecule has 2 amide bonds. The molecule has 0 aromatic rings. The molecule has 20 heavy (non-hydrogen) atoms. The molecule has 0 spiro atoms. The minimum atomic E-state index is -0.808. The van der Waals surface area contributed by atoms with Crippen LogP contribution in [0.4, 0.5) is 4.79 Å². The first kappa shape index (κ1) is 18.7. The van der Waals surface area contributed by atoms with Crippen LogP contribution in [0.15, 0.2) is 0 Å². The maximum atomic E-state index is 11.9. The Morgan fingerprint density at radius 3 is 2.35 bits per heavy atom. The van der Waals surface area contributed by atoms with Crippen LogP contribution in [0, 0.1) is 0 Å². The van der Waals surface area contributed by atoms with Crippen LogP contribution >= 0.6 is 0 Å². The lowest BCUT2D eigenvalue weighted by Crippen LogP contribution is -2.42. The van der Waals surface area contributed by atoms with Gasteiger partial charge in [-0.25, -0.2) is 4.79 Å². The topological polar surface area (TPSA) is 88.1 Å². The van der Waals surface area contributed by atoms with E-state index in [1.807, 2.05) is 0 Å². The smallest absolute Gasteiger partial charge is 0.317 e. The first-order valence-electron chi connectivity index (χ1n) is 6.84. The Labute approximate surface area is 120 Å². The van der Waals surface area contributed by atoms with Gasteiger partial charge < -0.3 is 24.8 Å². The molecule has 0 saturated carbocycles. The Morgan fingerprint density at radius 2 is 1.75 bits per heavy atom. The van der Waals surface area contributed by atoms with Crippen LogP contribution in [-0.4, -0.2) is 69.1 Å². The van der Waals surface area contributed by atoms with E-state index in [1.165, 1.54) is 0 Å². The van der Waals surface area contributed by atoms with Gasteiger partial charge in [-0.15, -0.1) is 0 Å². The summed E-state index contributed by atoms with van der Waals surface area (Å²) in [5.41, 5.74) is 0. The molecule has 0 rings (SSSR count). The van der Waals surface area contributed by atoms with Gasteiger partial charge in [-0.2, -0.15) is 0 Å². The van der Waals surface area contributed by atoms with E-state index in [-0.39, 0.29) is 12.5 Å². The van der Waals surface area contributed by atoms with Gasteiger partial charge in [0.25, 0.3) is 0 Å². The van der Waals surface area contributed by atoms with Gasteiger partial charge in [0.05, 0.1) is 6.61 Å². The number of carboxylic acids is 1. The number of hydrogen-bond acceptors (Lipinski definition) is 4. The van der Waals surface area contributed by atoms with E-state index in [4.69, 9.17) is 14.6 Å². The molecule has 0 fully saturated rings. The number of carbonyl (C=O) groups is 2. The molecule has 0 radical (unpaired) electrons. The summed E-state index contributed by atoms with van der Waals surface area (Å²) in [6.45, 7) is 2.72. The van der Waals surface area contributed by atoms with Gasteiger partial charge in [0, 0.05) is 46.9 Å². The van der Waals surface area contributed by atoms with Gasteiger partial charge in [-0.3, -0.25) is 4.79 Å². The lowest BCUT2D eigenvalue weighted by atomic mass is 10.2. The Hall–Kier alpha value is -1.34. The van der Waals surface area contributed by atoms with Gasteiger partial charge in [0.15, 0.2) is 0 Å². The van der Waals surface area contributed by atoms with Crippen LogP contribution < -0.4 is 5.32 Å². The molecule has 7 nitrogen and oxygen atoms in total. The number of carboxylic acid groups (broad SMARTS) is 1. The van der Waals surface area contributed by atoms with Crippen molar-refractivity contribution in [3.05, 3.63) is 0 Å². The zero-order valence-electron chi connectivity index (χ0n) is 12.4. The molecule has 7 heteroatoms. The van der Waals surface area contributed by atoms with Crippen molar-refractivity contribution in [1.29, 1.82) is 0 Å². The largest absolute Gasteiger partial charge is 0.481 e. The molecule has 0 bridgehead atoms. The van der Waals surface area contributed by atoms with Crippen LogP contribution in [0.3, 0.4) is 0 Å². The van der Waals surface area contributed by atoms with Crippen molar-refractivity contribution < 1.29 is 24.2 Å². The number of rotatable bonds is 12. The Balaban J connectivity index is 3.89. The maximum Gasteiger partial charge on any atom is 0.317 e. The summed E-state index contributed by atoms with van der Waals surface area (Å²) < 4.78 is 9.95. The third-order valence-corrected chi connectivity index (χ3v) is 2.72. The number of amides is 2. The Kier molecular flexibility index (Phi) is 11.8. The van der Waals surface area contributed by atoms with Crippen molar-refractivity contribution in [3.8, 4) is 0 Å². The highest BCUT2D eigenvalue weighted by atomic mass is 16.5. The van der Waals surface area contributed by atoms with E-state index >= 15 is 0 Å². The molecule has 0 aliphatic rings. The predicted octanol–water partition coefficient (Wildman–Crippen LogP) is 0.936. The van der Waals surface area contributed by atoms with E-state index in [9.17, 15) is 9.59 Å². The summed E-state index contributed by atoms with van der Waals surface area (Å²) in [7, 11) is 3.22. The number of ether oxygens (including phenoxy) is 2. The summed E-state index contributed by atoms with van der Waals surface area (Å²) in [5, 5.41) is 11.3. The lowest BCUT2D eigenvalue weighted by Gasteiger charge is -2.22. The average Bonchev–Trinajstić information content (AvgIpc) is 2.41. The first-order chi connectivity index (χ1) is 9.61. The van der Waals surface area contributed by atoms with Gasteiger partial charge in [0.1, 0.15) is 0 Å². The third-order valence-electron chi connectivity index (χ3n) is 2.72. The number of hydrogen-bond donors (Lipinski definition) is 2.